The number of nitrogens with one attached hydrogen (secondary N) is 2. The SMILES string of the molecule is COc1cc2ncnc(Nc3cccc(Cl)c3F)c2cc1C=O.COc1cc2ncnc(Nc3cccc(Cl)c3F)c2cc1CN(C)CCC(N)=O. The smallest absolute Gasteiger partial charge is 0.218 e. The van der Waals surface area contributed by atoms with Gasteiger partial charge in [-0.25, -0.2) is 28.7 Å². The zero-order chi connectivity index (χ0) is 37.4. The van der Waals surface area contributed by atoms with E-state index in [4.69, 9.17) is 38.4 Å². The highest BCUT2D eigenvalue weighted by Gasteiger charge is 2.16. The van der Waals surface area contributed by atoms with Gasteiger partial charge < -0.3 is 30.7 Å². The molecule has 0 atom stereocenters. The summed E-state index contributed by atoms with van der Waals surface area (Å²) < 4.78 is 39.0. The van der Waals surface area contributed by atoms with Crippen molar-refractivity contribution in [1.82, 2.24) is 24.8 Å². The molecule has 1 amide bonds. The molecule has 2 aromatic heterocycles. The molecule has 0 unspecified atom stereocenters. The minimum Gasteiger partial charge on any atom is -0.496 e. The van der Waals surface area contributed by atoms with Crippen LogP contribution in [0.3, 0.4) is 0 Å². The lowest BCUT2D eigenvalue weighted by Gasteiger charge is -2.19. The maximum atomic E-state index is 14.3. The Kier molecular flexibility index (Phi) is 12.3. The van der Waals surface area contributed by atoms with Crippen LogP contribution in [0.15, 0.2) is 73.3 Å². The normalized spacial score (nSPS) is 10.8. The van der Waals surface area contributed by atoms with Gasteiger partial charge in [-0.1, -0.05) is 35.3 Å². The van der Waals surface area contributed by atoms with Crippen molar-refractivity contribution in [2.45, 2.75) is 13.0 Å². The zero-order valence-corrected chi connectivity index (χ0v) is 29.6. The van der Waals surface area contributed by atoms with Crippen molar-refractivity contribution in [3.63, 3.8) is 0 Å². The number of carbonyl (C=O) groups excluding carboxylic acids is 2. The fourth-order valence-corrected chi connectivity index (χ4v) is 5.49. The van der Waals surface area contributed by atoms with E-state index in [1.807, 2.05) is 18.0 Å². The highest BCUT2D eigenvalue weighted by atomic mass is 35.5. The predicted molar refractivity (Wildman–Crippen MR) is 197 cm³/mol. The molecule has 0 fully saturated rings. The average molecular weight is 750 g/mol. The lowest BCUT2D eigenvalue weighted by Crippen LogP contribution is -2.24. The number of aldehydes is 1. The second kappa shape index (κ2) is 17.0. The number of rotatable bonds is 12. The summed E-state index contributed by atoms with van der Waals surface area (Å²) in [5.41, 5.74) is 8.05. The summed E-state index contributed by atoms with van der Waals surface area (Å²) >= 11 is 11.6. The van der Waals surface area contributed by atoms with Gasteiger partial charge in [0.15, 0.2) is 17.9 Å². The summed E-state index contributed by atoms with van der Waals surface area (Å²) in [6.07, 6.45) is 3.67. The zero-order valence-electron chi connectivity index (χ0n) is 28.1. The van der Waals surface area contributed by atoms with Gasteiger partial charge in [0.2, 0.25) is 5.91 Å². The molecule has 52 heavy (non-hydrogen) atoms. The number of hydrogen-bond donors (Lipinski definition) is 3. The average Bonchev–Trinajstić information content (AvgIpc) is 3.14. The highest BCUT2D eigenvalue weighted by molar-refractivity contribution is 6.31. The first-order chi connectivity index (χ1) is 25.0. The number of methoxy groups -OCH3 is 2. The molecule has 6 aromatic rings. The Morgan fingerprint density at radius 2 is 1.35 bits per heavy atom. The molecule has 12 nitrogen and oxygen atoms in total. The summed E-state index contributed by atoms with van der Waals surface area (Å²) in [6, 6.07) is 16.2. The highest BCUT2D eigenvalue weighted by Crippen LogP contribution is 2.33. The second-order valence-corrected chi connectivity index (χ2v) is 12.1. The monoisotopic (exact) mass is 748 g/mol. The number of nitrogens with two attached hydrogens (primary N) is 1. The molecule has 4 N–H and O–H groups in total. The number of aromatic nitrogens is 4. The number of nitrogens with zero attached hydrogens (tertiary/aromatic N) is 5. The quantitative estimate of drug-likeness (QED) is 0.107. The van der Waals surface area contributed by atoms with Gasteiger partial charge in [0, 0.05) is 48.0 Å². The molecule has 0 bridgehead atoms. The van der Waals surface area contributed by atoms with E-state index in [1.165, 1.54) is 31.9 Å². The first-order valence-electron chi connectivity index (χ1n) is 15.5. The van der Waals surface area contributed by atoms with Crippen molar-refractivity contribution in [2.24, 2.45) is 5.73 Å². The molecule has 0 aliphatic rings. The predicted octanol–water partition coefficient (Wildman–Crippen LogP) is 7.47. The van der Waals surface area contributed by atoms with Gasteiger partial charge in [-0.15, -0.1) is 0 Å². The summed E-state index contributed by atoms with van der Waals surface area (Å²) in [5, 5.41) is 7.15. The lowest BCUT2D eigenvalue weighted by molar-refractivity contribution is -0.118. The van der Waals surface area contributed by atoms with Crippen LogP contribution in [0.1, 0.15) is 22.3 Å². The first kappa shape index (κ1) is 37.6. The Morgan fingerprint density at radius 3 is 1.85 bits per heavy atom. The van der Waals surface area contributed by atoms with Crippen LogP contribution in [-0.2, 0) is 11.3 Å². The van der Waals surface area contributed by atoms with E-state index in [2.05, 4.69) is 30.6 Å². The Morgan fingerprint density at radius 1 is 0.827 bits per heavy atom. The molecular formula is C36H32Cl2F2N8O4. The lowest BCUT2D eigenvalue weighted by atomic mass is 10.1. The largest absolute Gasteiger partial charge is 0.496 e. The molecule has 6 rings (SSSR count). The van der Waals surface area contributed by atoms with E-state index in [9.17, 15) is 18.4 Å². The molecule has 0 spiro atoms. The van der Waals surface area contributed by atoms with Crippen LogP contribution < -0.4 is 25.8 Å². The third-order valence-electron chi connectivity index (χ3n) is 7.74. The Bertz CT molecular complexity index is 2260. The topological polar surface area (TPSA) is 157 Å². The molecule has 0 aliphatic carbocycles. The Balaban J connectivity index is 0.000000206. The minimum absolute atomic E-state index is 0.00334. The Hall–Kier alpha value is -5.70. The van der Waals surface area contributed by atoms with Crippen molar-refractivity contribution in [3.05, 3.63) is 106 Å². The van der Waals surface area contributed by atoms with Crippen molar-refractivity contribution < 1.29 is 27.8 Å². The molecule has 0 radical (unpaired) electrons. The molecule has 4 aromatic carbocycles. The minimum atomic E-state index is -0.579. The number of hydrogen-bond acceptors (Lipinski definition) is 11. The van der Waals surface area contributed by atoms with Crippen molar-refractivity contribution in [1.29, 1.82) is 0 Å². The summed E-state index contributed by atoms with van der Waals surface area (Å²) in [7, 11) is 4.93. The van der Waals surface area contributed by atoms with Crippen molar-refractivity contribution >= 4 is 80.2 Å². The molecule has 0 saturated carbocycles. The summed E-state index contributed by atoms with van der Waals surface area (Å²) in [4.78, 5) is 41.0. The van der Waals surface area contributed by atoms with Crippen molar-refractivity contribution in [3.8, 4) is 11.5 Å². The number of anilines is 4. The second-order valence-electron chi connectivity index (χ2n) is 11.3. The molecule has 16 heteroatoms. The van der Waals surface area contributed by atoms with E-state index in [0.29, 0.717) is 69.9 Å². The van der Waals surface area contributed by atoms with Gasteiger partial charge >= 0.3 is 0 Å². The fraction of sp³-hybridized carbons (Fsp3) is 0.167. The Labute approximate surface area is 306 Å². The van der Waals surface area contributed by atoms with Gasteiger partial charge in [-0.2, -0.15) is 0 Å². The molecule has 268 valence electrons. The van der Waals surface area contributed by atoms with Gasteiger partial charge in [-0.3, -0.25) is 9.59 Å². The van der Waals surface area contributed by atoms with Crippen LogP contribution >= 0.6 is 23.2 Å². The van der Waals surface area contributed by atoms with E-state index < -0.39 is 11.6 Å². The maximum absolute atomic E-state index is 14.3. The molecular weight excluding hydrogens is 717 g/mol. The first-order valence-corrected chi connectivity index (χ1v) is 16.3. The standard InChI is InChI=1S/C20H21ClFN5O2.C16H11ClFN3O2/c1-27(7-6-18(23)28)10-12-8-13-16(9-17(12)29-2)24-11-25-20(13)26-15-5-3-4-14(21)19(15)22;1-23-14-6-13-10(5-9(14)7-22)16(20-8-19-13)21-12-4-2-3-11(17)15(12)18/h3-5,8-9,11H,6-7,10H2,1-2H3,(H2,23,28)(H,24,25,26);2-8H,1H3,(H,19,20,21). The molecule has 0 aliphatic heterocycles. The van der Waals surface area contributed by atoms with Crippen LogP contribution in [-0.4, -0.2) is 64.8 Å². The number of amides is 1. The van der Waals surface area contributed by atoms with Crippen LogP contribution in [0.25, 0.3) is 21.8 Å². The van der Waals surface area contributed by atoms with Gasteiger partial charge in [0.05, 0.1) is 52.2 Å². The van der Waals surface area contributed by atoms with E-state index in [1.54, 1.807) is 49.6 Å². The summed E-state index contributed by atoms with van der Waals surface area (Å²) in [6.45, 7) is 1.03. The molecule has 2 heterocycles. The number of carbonyl (C=O) groups is 2. The van der Waals surface area contributed by atoms with Crippen LogP contribution in [0.2, 0.25) is 10.0 Å². The van der Waals surface area contributed by atoms with Crippen LogP contribution in [0.4, 0.5) is 31.8 Å². The third-order valence-corrected chi connectivity index (χ3v) is 8.32. The third kappa shape index (κ3) is 8.77. The van der Waals surface area contributed by atoms with Gasteiger partial charge in [0.1, 0.15) is 35.8 Å². The van der Waals surface area contributed by atoms with Crippen molar-refractivity contribution in [2.75, 3.05) is 38.4 Å². The van der Waals surface area contributed by atoms with Crippen LogP contribution in [0.5, 0.6) is 11.5 Å². The number of benzene rings is 4. The van der Waals surface area contributed by atoms with E-state index in [-0.39, 0.29) is 33.7 Å². The number of halogens is 4. The van der Waals surface area contributed by atoms with Crippen LogP contribution in [0, 0.1) is 11.6 Å². The number of primary amides is 1. The van der Waals surface area contributed by atoms with Gasteiger partial charge in [0.25, 0.3) is 0 Å². The van der Waals surface area contributed by atoms with E-state index >= 15 is 0 Å². The number of fused-ring (bicyclic) bond motifs is 2. The maximum Gasteiger partial charge on any atom is 0.218 e. The number of ether oxygens (including phenoxy) is 2. The van der Waals surface area contributed by atoms with Gasteiger partial charge in [-0.05, 0) is 43.4 Å². The molecule has 0 saturated heterocycles. The fourth-order valence-electron chi connectivity index (χ4n) is 5.14. The van der Waals surface area contributed by atoms with E-state index in [0.717, 1.165) is 5.56 Å². The summed E-state index contributed by atoms with van der Waals surface area (Å²) in [5.74, 6) is 0.381.